The normalized spacial score (nSPS) is 24.3. The highest BCUT2D eigenvalue weighted by Crippen LogP contribution is 2.47. The van der Waals surface area contributed by atoms with E-state index < -0.39 is 20.4 Å². The summed E-state index contributed by atoms with van der Waals surface area (Å²) in [7, 11) is -3.37. The number of halogens is 1. The Bertz CT molecular complexity index is 549. The maximum Gasteiger partial charge on any atom is 0.187 e. The quantitative estimate of drug-likeness (QED) is 0.755. The van der Waals surface area contributed by atoms with E-state index in [9.17, 15) is 12.8 Å². The molecule has 0 amide bonds. The summed E-state index contributed by atoms with van der Waals surface area (Å²) in [6.45, 7) is 0.452. The molecule has 1 heterocycles. The van der Waals surface area contributed by atoms with E-state index in [2.05, 4.69) is 5.32 Å². The number of sulfone groups is 1. The smallest absolute Gasteiger partial charge is 0.187 e. The van der Waals surface area contributed by atoms with Gasteiger partial charge in [-0.25, -0.2) is 12.8 Å². The first-order valence-corrected chi connectivity index (χ1v) is 6.82. The van der Waals surface area contributed by atoms with Crippen LogP contribution in [0.2, 0.25) is 0 Å². The minimum Gasteiger partial charge on any atom is -0.382 e. The number of nitrogens with one attached hydrogen (secondary N) is 1. The van der Waals surface area contributed by atoms with E-state index >= 15 is 0 Å². The summed E-state index contributed by atoms with van der Waals surface area (Å²) in [5.41, 5.74) is 0.527. The van der Waals surface area contributed by atoms with Gasteiger partial charge in [0.05, 0.1) is 15.3 Å². The average molecular weight is 241 g/mol. The Morgan fingerprint density at radius 3 is 2.69 bits per heavy atom. The molecule has 0 aromatic heterocycles. The lowest BCUT2D eigenvalue weighted by molar-refractivity contribution is 0.347. The lowest BCUT2D eigenvalue weighted by Crippen LogP contribution is -2.53. The van der Waals surface area contributed by atoms with Crippen LogP contribution >= 0.6 is 0 Å². The zero-order valence-electron chi connectivity index (χ0n) is 8.66. The van der Waals surface area contributed by atoms with Crippen molar-refractivity contribution < 1.29 is 12.8 Å². The Labute approximate surface area is 93.6 Å². The summed E-state index contributed by atoms with van der Waals surface area (Å²) in [5, 5.41) is 3.09. The van der Waals surface area contributed by atoms with Gasteiger partial charge in [-0.2, -0.15) is 0 Å². The van der Waals surface area contributed by atoms with Crippen LogP contribution in [-0.2, 0) is 9.84 Å². The maximum absolute atomic E-state index is 13.1. The van der Waals surface area contributed by atoms with Gasteiger partial charge in [-0.1, -0.05) is 6.42 Å². The highest BCUT2D eigenvalue weighted by Gasteiger charge is 2.52. The molecule has 3 nitrogen and oxygen atoms in total. The Morgan fingerprint density at radius 1 is 1.31 bits per heavy atom. The van der Waals surface area contributed by atoms with Crippen molar-refractivity contribution in [2.45, 2.75) is 28.9 Å². The van der Waals surface area contributed by atoms with Crippen molar-refractivity contribution in [3.8, 4) is 0 Å². The monoisotopic (exact) mass is 241 g/mol. The second kappa shape index (κ2) is 2.97. The molecule has 1 N–H and O–H groups in total. The largest absolute Gasteiger partial charge is 0.382 e. The van der Waals surface area contributed by atoms with Crippen molar-refractivity contribution in [3.05, 3.63) is 24.0 Å². The Morgan fingerprint density at radius 2 is 2.06 bits per heavy atom. The average Bonchev–Trinajstić information content (AvgIpc) is 2.16. The molecule has 1 fully saturated rings. The van der Waals surface area contributed by atoms with Crippen LogP contribution in [0.4, 0.5) is 10.1 Å². The molecular formula is C11H12FNO2S. The molecule has 3 rings (SSSR count). The number of rotatable bonds is 0. The molecule has 1 spiro atoms. The van der Waals surface area contributed by atoms with Gasteiger partial charge in [0.25, 0.3) is 0 Å². The minimum atomic E-state index is -3.37. The molecule has 2 aliphatic rings. The third-order valence-corrected chi connectivity index (χ3v) is 6.28. The van der Waals surface area contributed by atoms with Crippen molar-refractivity contribution in [1.29, 1.82) is 0 Å². The predicted molar refractivity (Wildman–Crippen MR) is 58.7 cm³/mol. The molecule has 5 heteroatoms. The van der Waals surface area contributed by atoms with E-state index in [0.29, 0.717) is 25.1 Å². The third-order valence-electron chi connectivity index (χ3n) is 3.67. The lowest BCUT2D eigenvalue weighted by atomic mass is 9.84. The zero-order valence-corrected chi connectivity index (χ0v) is 9.48. The second-order valence-corrected chi connectivity index (χ2v) is 6.85. The molecule has 1 aromatic carbocycles. The molecule has 1 aliphatic carbocycles. The van der Waals surface area contributed by atoms with Gasteiger partial charge in [0.1, 0.15) is 5.82 Å². The molecule has 0 bridgehead atoms. The first-order chi connectivity index (χ1) is 7.55. The summed E-state index contributed by atoms with van der Waals surface area (Å²) in [6, 6.07) is 3.89. The van der Waals surface area contributed by atoms with Crippen LogP contribution in [0.25, 0.3) is 0 Å². The molecule has 0 atom stereocenters. The van der Waals surface area contributed by atoms with Crippen molar-refractivity contribution in [2.75, 3.05) is 11.9 Å². The highest BCUT2D eigenvalue weighted by atomic mass is 32.2. The van der Waals surface area contributed by atoms with Crippen molar-refractivity contribution >= 4 is 15.5 Å². The topological polar surface area (TPSA) is 46.2 Å². The van der Waals surface area contributed by atoms with E-state index in [0.717, 1.165) is 12.5 Å². The van der Waals surface area contributed by atoms with Crippen LogP contribution in [0.1, 0.15) is 19.3 Å². The lowest BCUT2D eigenvalue weighted by Gasteiger charge is -2.44. The Kier molecular flexibility index (Phi) is 1.87. The van der Waals surface area contributed by atoms with Gasteiger partial charge in [0, 0.05) is 6.54 Å². The molecule has 1 aliphatic heterocycles. The first kappa shape index (κ1) is 10.1. The summed E-state index contributed by atoms with van der Waals surface area (Å²) >= 11 is 0. The van der Waals surface area contributed by atoms with Crippen LogP contribution in [0.3, 0.4) is 0 Å². The highest BCUT2D eigenvalue weighted by molar-refractivity contribution is 7.93. The van der Waals surface area contributed by atoms with Crippen LogP contribution < -0.4 is 5.32 Å². The van der Waals surface area contributed by atoms with Gasteiger partial charge in [-0.3, -0.25) is 0 Å². The molecule has 86 valence electrons. The Balaban J connectivity index is 2.22. The molecule has 0 saturated heterocycles. The summed E-state index contributed by atoms with van der Waals surface area (Å²) < 4.78 is 37.2. The summed E-state index contributed by atoms with van der Waals surface area (Å²) in [6.07, 6.45) is 2.29. The van der Waals surface area contributed by atoms with Crippen molar-refractivity contribution in [2.24, 2.45) is 0 Å². The SMILES string of the molecule is O=S1(=O)c2cc(F)ccc2NCC12CCC2. The van der Waals surface area contributed by atoms with Gasteiger partial charge in [-0.05, 0) is 31.0 Å². The van der Waals surface area contributed by atoms with Crippen LogP contribution in [0, 0.1) is 5.82 Å². The van der Waals surface area contributed by atoms with Crippen molar-refractivity contribution in [3.63, 3.8) is 0 Å². The fourth-order valence-electron chi connectivity index (χ4n) is 2.47. The zero-order chi connectivity index (χ0) is 11.4. The van der Waals surface area contributed by atoms with Gasteiger partial charge < -0.3 is 5.32 Å². The summed E-state index contributed by atoms with van der Waals surface area (Å²) in [4.78, 5) is 0.124. The van der Waals surface area contributed by atoms with E-state index in [-0.39, 0.29) is 4.90 Å². The number of fused-ring (bicyclic) bond motifs is 1. The number of anilines is 1. The standard InChI is InChI=1S/C11H12FNO2S/c12-8-2-3-9-10(6-8)16(14,15)11(7-13-9)4-1-5-11/h2-3,6,13H,1,4-5,7H2. The molecule has 0 unspecified atom stereocenters. The third kappa shape index (κ3) is 1.09. The van der Waals surface area contributed by atoms with E-state index in [1.54, 1.807) is 0 Å². The number of hydrogen-bond donors (Lipinski definition) is 1. The van der Waals surface area contributed by atoms with E-state index in [1.807, 2.05) is 0 Å². The van der Waals surface area contributed by atoms with Gasteiger partial charge in [0.2, 0.25) is 0 Å². The first-order valence-electron chi connectivity index (χ1n) is 5.33. The molecule has 1 saturated carbocycles. The van der Waals surface area contributed by atoms with Crippen molar-refractivity contribution in [1.82, 2.24) is 0 Å². The fourth-order valence-corrected chi connectivity index (χ4v) is 4.72. The minimum absolute atomic E-state index is 0.124. The number of benzene rings is 1. The van der Waals surface area contributed by atoms with Gasteiger partial charge in [-0.15, -0.1) is 0 Å². The number of hydrogen-bond acceptors (Lipinski definition) is 3. The van der Waals surface area contributed by atoms with E-state index in [4.69, 9.17) is 0 Å². The Hall–Kier alpha value is -1.10. The molecule has 0 radical (unpaired) electrons. The maximum atomic E-state index is 13.1. The van der Waals surface area contributed by atoms with Gasteiger partial charge >= 0.3 is 0 Å². The summed E-state index contributed by atoms with van der Waals surface area (Å²) in [5.74, 6) is -0.500. The predicted octanol–water partition coefficient (Wildman–Crippen LogP) is 1.95. The van der Waals surface area contributed by atoms with Crippen LogP contribution in [0.5, 0.6) is 0 Å². The second-order valence-electron chi connectivity index (χ2n) is 4.53. The molecule has 1 aromatic rings. The molecular weight excluding hydrogens is 229 g/mol. The van der Waals surface area contributed by atoms with Gasteiger partial charge in [0.15, 0.2) is 9.84 Å². The molecule has 16 heavy (non-hydrogen) atoms. The van der Waals surface area contributed by atoms with Crippen LogP contribution in [0.15, 0.2) is 23.1 Å². The van der Waals surface area contributed by atoms with E-state index in [1.165, 1.54) is 12.1 Å². The fraction of sp³-hybridized carbons (Fsp3) is 0.455. The van der Waals surface area contributed by atoms with Crippen LogP contribution in [-0.4, -0.2) is 19.7 Å².